The third-order valence-corrected chi connectivity index (χ3v) is 5.76. The number of hydrogen-bond acceptors (Lipinski definition) is 7. The molecule has 1 fully saturated rings. The van der Waals surface area contributed by atoms with E-state index in [1.807, 2.05) is 24.5 Å². The van der Waals surface area contributed by atoms with Crippen molar-refractivity contribution in [3.8, 4) is 0 Å². The zero-order valence-corrected chi connectivity index (χ0v) is 17.8. The van der Waals surface area contributed by atoms with Crippen molar-refractivity contribution in [1.82, 2.24) is 30.0 Å². The topological polar surface area (TPSA) is 59.9 Å². The molecule has 0 aromatic carbocycles. The maximum Gasteiger partial charge on any atom is 0.111 e. The van der Waals surface area contributed by atoms with Crippen molar-refractivity contribution in [2.75, 3.05) is 58.9 Å². The lowest BCUT2D eigenvalue weighted by molar-refractivity contribution is 0.207. The van der Waals surface area contributed by atoms with Crippen molar-refractivity contribution in [2.24, 2.45) is 4.99 Å². The fourth-order valence-electron chi connectivity index (χ4n) is 4.00. The SMILES string of the molecule is c1ccc(CN2CCN(CC3=NCCCN3)CCN(Cc3ccccn3)CC2)nc1. The molecule has 0 amide bonds. The van der Waals surface area contributed by atoms with Crippen LogP contribution >= 0.6 is 0 Å². The van der Waals surface area contributed by atoms with Crippen LogP contribution in [-0.2, 0) is 13.1 Å². The summed E-state index contributed by atoms with van der Waals surface area (Å²) in [5.41, 5.74) is 2.27. The van der Waals surface area contributed by atoms with E-state index < -0.39 is 0 Å². The highest BCUT2D eigenvalue weighted by molar-refractivity contribution is 5.84. The number of nitrogens with zero attached hydrogens (tertiary/aromatic N) is 6. The van der Waals surface area contributed by atoms with E-state index in [0.29, 0.717) is 0 Å². The van der Waals surface area contributed by atoms with Gasteiger partial charge in [-0.3, -0.25) is 29.7 Å². The molecule has 0 aliphatic carbocycles. The van der Waals surface area contributed by atoms with Gasteiger partial charge in [0.2, 0.25) is 0 Å². The fraction of sp³-hybridized carbons (Fsp3) is 0.522. The minimum absolute atomic E-state index is 0.894. The van der Waals surface area contributed by atoms with Gasteiger partial charge in [-0.15, -0.1) is 0 Å². The Morgan fingerprint density at radius 3 is 1.67 bits per heavy atom. The molecule has 160 valence electrons. The predicted molar refractivity (Wildman–Crippen MR) is 120 cm³/mol. The van der Waals surface area contributed by atoms with Gasteiger partial charge in [0.15, 0.2) is 0 Å². The van der Waals surface area contributed by atoms with Gasteiger partial charge >= 0.3 is 0 Å². The van der Waals surface area contributed by atoms with Gasteiger partial charge in [-0.1, -0.05) is 12.1 Å². The van der Waals surface area contributed by atoms with E-state index in [1.165, 1.54) is 0 Å². The molecule has 0 unspecified atom stereocenters. The van der Waals surface area contributed by atoms with Gasteiger partial charge in [-0.25, -0.2) is 0 Å². The smallest absolute Gasteiger partial charge is 0.111 e. The molecule has 0 atom stereocenters. The number of pyridine rings is 2. The number of amidine groups is 1. The van der Waals surface area contributed by atoms with Crippen LogP contribution < -0.4 is 5.32 Å². The standard InChI is InChI=1S/C23H33N7/c1-3-8-24-21(6-1)18-28-12-13-29(19-22-7-2-4-9-25-22)15-17-30(16-14-28)20-23-26-10-5-11-27-23/h1-4,6-9H,5,10-20H2,(H,26,27). The van der Waals surface area contributed by atoms with Crippen LogP contribution in [0.5, 0.6) is 0 Å². The lowest BCUT2D eigenvalue weighted by Crippen LogP contribution is -2.44. The summed E-state index contributed by atoms with van der Waals surface area (Å²) in [6.07, 6.45) is 4.91. The summed E-state index contributed by atoms with van der Waals surface area (Å²) in [7, 11) is 0. The Bertz CT molecular complexity index is 727. The van der Waals surface area contributed by atoms with Crippen LogP contribution in [-0.4, -0.2) is 89.4 Å². The molecule has 1 N–H and O–H groups in total. The van der Waals surface area contributed by atoms with Gasteiger partial charge in [0.05, 0.1) is 17.9 Å². The molecule has 0 spiro atoms. The van der Waals surface area contributed by atoms with Crippen molar-refractivity contribution < 1.29 is 0 Å². The van der Waals surface area contributed by atoms with Gasteiger partial charge < -0.3 is 5.32 Å². The molecule has 0 saturated carbocycles. The lowest BCUT2D eigenvalue weighted by atomic mass is 10.3. The Labute approximate surface area is 179 Å². The van der Waals surface area contributed by atoms with Gasteiger partial charge in [-0.2, -0.15) is 0 Å². The Morgan fingerprint density at radius 1 is 0.700 bits per heavy atom. The summed E-state index contributed by atoms with van der Waals surface area (Å²) in [6.45, 7) is 11.0. The highest BCUT2D eigenvalue weighted by atomic mass is 15.3. The van der Waals surface area contributed by atoms with Gasteiger partial charge in [0.1, 0.15) is 5.84 Å². The largest absolute Gasteiger partial charge is 0.373 e. The minimum atomic E-state index is 0.894. The molecular formula is C23H33N7. The van der Waals surface area contributed by atoms with Crippen LogP contribution in [0.4, 0.5) is 0 Å². The number of aromatic nitrogens is 2. The molecule has 0 bridgehead atoms. The molecule has 2 aliphatic rings. The summed E-state index contributed by atoms with van der Waals surface area (Å²) < 4.78 is 0. The first kappa shape index (κ1) is 20.9. The average Bonchev–Trinajstić information content (AvgIpc) is 2.88. The Hall–Kier alpha value is -2.35. The Morgan fingerprint density at radius 2 is 1.23 bits per heavy atom. The molecule has 30 heavy (non-hydrogen) atoms. The molecule has 1 saturated heterocycles. The van der Waals surface area contributed by atoms with Crippen molar-refractivity contribution in [2.45, 2.75) is 19.5 Å². The van der Waals surface area contributed by atoms with E-state index in [1.54, 1.807) is 0 Å². The summed E-state index contributed by atoms with van der Waals surface area (Å²) in [5, 5.41) is 3.48. The average molecular weight is 408 g/mol. The maximum absolute atomic E-state index is 4.69. The summed E-state index contributed by atoms with van der Waals surface area (Å²) >= 11 is 0. The second-order valence-corrected chi connectivity index (χ2v) is 8.08. The van der Waals surface area contributed by atoms with Crippen molar-refractivity contribution >= 4 is 5.84 Å². The molecule has 2 aliphatic heterocycles. The summed E-state index contributed by atoms with van der Waals surface area (Å²) in [5.74, 6) is 1.15. The predicted octanol–water partition coefficient (Wildman–Crippen LogP) is 1.49. The normalized spacial score (nSPS) is 19.9. The first-order chi connectivity index (χ1) is 14.8. The van der Waals surface area contributed by atoms with E-state index in [2.05, 4.69) is 54.2 Å². The highest BCUT2D eigenvalue weighted by Crippen LogP contribution is 2.08. The molecule has 2 aromatic rings. The lowest BCUT2D eigenvalue weighted by Gasteiger charge is -2.27. The van der Waals surface area contributed by atoms with Crippen molar-refractivity contribution in [1.29, 1.82) is 0 Å². The maximum atomic E-state index is 4.69. The van der Waals surface area contributed by atoms with E-state index in [9.17, 15) is 0 Å². The Kier molecular flexibility index (Phi) is 7.77. The molecular weight excluding hydrogens is 374 g/mol. The first-order valence-corrected chi connectivity index (χ1v) is 11.1. The van der Waals surface area contributed by atoms with E-state index >= 15 is 0 Å². The summed E-state index contributed by atoms with van der Waals surface area (Å²) in [6, 6.07) is 12.4. The zero-order chi connectivity index (χ0) is 20.4. The van der Waals surface area contributed by atoms with Gasteiger partial charge in [0.25, 0.3) is 0 Å². The quantitative estimate of drug-likeness (QED) is 0.783. The molecule has 4 heterocycles. The molecule has 2 aromatic heterocycles. The second-order valence-electron chi connectivity index (χ2n) is 8.08. The molecule has 4 rings (SSSR count). The van der Waals surface area contributed by atoms with Crippen LogP contribution in [0, 0.1) is 0 Å². The van der Waals surface area contributed by atoms with E-state index in [-0.39, 0.29) is 0 Å². The zero-order valence-electron chi connectivity index (χ0n) is 17.8. The van der Waals surface area contributed by atoms with Crippen LogP contribution in [0.25, 0.3) is 0 Å². The molecule has 7 heteroatoms. The van der Waals surface area contributed by atoms with Gasteiger partial charge in [0, 0.05) is 77.8 Å². The van der Waals surface area contributed by atoms with E-state index in [4.69, 9.17) is 4.99 Å². The highest BCUT2D eigenvalue weighted by Gasteiger charge is 2.19. The van der Waals surface area contributed by atoms with Gasteiger partial charge in [-0.05, 0) is 30.7 Å². The number of nitrogens with one attached hydrogen (secondary N) is 1. The van der Waals surface area contributed by atoms with Crippen LogP contribution in [0.1, 0.15) is 17.8 Å². The van der Waals surface area contributed by atoms with Crippen LogP contribution in [0.3, 0.4) is 0 Å². The number of aliphatic imine (C=N–C) groups is 1. The summed E-state index contributed by atoms with van der Waals surface area (Å²) in [4.78, 5) is 21.4. The fourth-order valence-corrected chi connectivity index (χ4v) is 4.00. The van der Waals surface area contributed by atoms with Crippen LogP contribution in [0.2, 0.25) is 0 Å². The van der Waals surface area contributed by atoms with Crippen molar-refractivity contribution in [3.63, 3.8) is 0 Å². The minimum Gasteiger partial charge on any atom is -0.373 e. The first-order valence-electron chi connectivity index (χ1n) is 11.1. The van der Waals surface area contributed by atoms with Crippen molar-refractivity contribution in [3.05, 3.63) is 60.2 Å². The number of hydrogen-bond donors (Lipinski definition) is 1. The third kappa shape index (κ3) is 6.58. The van der Waals surface area contributed by atoms with E-state index in [0.717, 1.165) is 95.6 Å². The number of rotatable bonds is 6. The Balaban J connectivity index is 1.43. The van der Waals surface area contributed by atoms with Crippen LogP contribution in [0.15, 0.2) is 53.8 Å². The third-order valence-electron chi connectivity index (χ3n) is 5.76. The second kappa shape index (κ2) is 11.2. The molecule has 0 radical (unpaired) electrons. The monoisotopic (exact) mass is 407 g/mol. The molecule has 7 nitrogen and oxygen atoms in total.